The number of aromatic hydroxyl groups is 1. The molecule has 2 N–H and O–H groups in total. The van der Waals surface area contributed by atoms with E-state index in [-0.39, 0.29) is 17.1 Å². The quantitative estimate of drug-likeness (QED) is 0.495. The average Bonchev–Trinajstić information content (AvgIpc) is 2.76. The molecule has 31 heavy (non-hydrogen) atoms. The molecule has 0 aliphatic carbocycles. The van der Waals surface area contributed by atoms with Crippen LogP contribution in [0.1, 0.15) is 27.0 Å². The summed E-state index contributed by atoms with van der Waals surface area (Å²) in [4.78, 5) is 25.0. The zero-order valence-electron chi connectivity index (χ0n) is 17.4. The van der Waals surface area contributed by atoms with Crippen LogP contribution in [-0.2, 0) is 6.42 Å². The van der Waals surface area contributed by atoms with Crippen LogP contribution in [0.5, 0.6) is 5.75 Å². The summed E-state index contributed by atoms with van der Waals surface area (Å²) in [7, 11) is 0. The van der Waals surface area contributed by atoms with Gasteiger partial charge in [-0.2, -0.15) is 0 Å². The first-order chi connectivity index (χ1) is 14.9. The Hall–Kier alpha value is -3.86. The number of carbonyl (C=O) groups is 1. The summed E-state index contributed by atoms with van der Waals surface area (Å²) in [5.41, 5.74) is 4.74. The first-order valence-electron chi connectivity index (χ1n) is 10.1. The fourth-order valence-corrected chi connectivity index (χ4v) is 3.62. The van der Waals surface area contributed by atoms with Crippen LogP contribution in [-0.4, -0.2) is 17.6 Å². The highest BCUT2D eigenvalue weighted by Gasteiger charge is 2.11. The Morgan fingerprint density at radius 1 is 0.968 bits per heavy atom. The molecule has 0 bridgehead atoms. The van der Waals surface area contributed by atoms with Gasteiger partial charge in [-0.1, -0.05) is 30.3 Å². The monoisotopic (exact) mass is 413 g/mol. The topological polar surface area (TPSA) is 79.5 Å². The molecule has 0 aliphatic heterocycles. The average molecular weight is 413 g/mol. The molecule has 3 aromatic carbocycles. The van der Waals surface area contributed by atoms with Crippen molar-refractivity contribution >= 4 is 16.9 Å². The zero-order valence-corrected chi connectivity index (χ0v) is 17.4. The lowest BCUT2D eigenvalue weighted by Crippen LogP contribution is -2.25. The number of phenolic OH excluding ortho intramolecular Hbond substituents is 1. The van der Waals surface area contributed by atoms with Crippen LogP contribution < -0.4 is 10.7 Å². The molecule has 0 fully saturated rings. The molecule has 4 aromatic rings. The van der Waals surface area contributed by atoms with Crippen molar-refractivity contribution in [1.29, 1.82) is 0 Å². The Kier molecular flexibility index (Phi) is 5.58. The van der Waals surface area contributed by atoms with Gasteiger partial charge in [0.1, 0.15) is 17.1 Å². The summed E-state index contributed by atoms with van der Waals surface area (Å²) in [6.45, 7) is 4.37. The van der Waals surface area contributed by atoms with Crippen molar-refractivity contribution in [1.82, 2.24) is 5.32 Å². The van der Waals surface area contributed by atoms with Crippen molar-refractivity contribution < 1.29 is 14.3 Å². The normalized spacial score (nSPS) is 10.9. The number of hydrogen-bond donors (Lipinski definition) is 2. The van der Waals surface area contributed by atoms with Crippen LogP contribution in [0.3, 0.4) is 0 Å². The van der Waals surface area contributed by atoms with Gasteiger partial charge in [0.25, 0.3) is 5.91 Å². The van der Waals surface area contributed by atoms with E-state index in [1.54, 1.807) is 36.4 Å². The van der Waals surface area contributed by atoms with Crippen molar-refractivity contribution in [2.24, 2.45) is 0 Å². The maximum Gasteiger partial charge on any atom is 0.251 e. The van der Waals surface area contributed by atoms with Gasteiger partial charge in [0.15, 0.2) is 5.43 Å². The third-order valence-corrected chi connectivity index (χ3v) is 5.23. The summed E-state index contributed by atoms with van der Waals surface area (Å²) in [6.07, 6.45) is 0.672. The molecule has 4 rings (SSSR count). The summed E-state index contributed by atoms with van der Waals surface area (Å²) < 4.78 is 6.02. The molecular formula is C26H23NO4. The van der Waals surface area contributed by atoms with E-state index in [9.17, 15) is 14.7 Å². The second-order valence-corrected chi connectivity index (χ2v) is 7.68. The molecule has 1 amide bonds. The maximum absolute atomic E-state index is 12.6. The van der Waals surface area contributed by atoms with Gasteiger partial charge in [-0.05, 0) is 67.3 Å². The van der Waals surface area contributed by atoms with E-state index in [0.717, 1.165) is 22.3 Å². The molecule has 1 aromatic heterocycles. The Morgan fingerprint density at radius 2 is 1.68 bits per heavy atom. The second kappa shape index (κ2) is 8.48. The Morgan fingerprint density at radius 3 is 2.39 bits per heavy atom. The fraction of sp³-hybridized carbons (Fsp3) is 0.154. The minimum Gasteiger partial charge on any atom is -0.508 e. The van der Waals surface area contributed by atoms with Crippen LogP contribution in [0.15, 0.2) is 75.9 Å². The maximum atomic E-state index is 12.6. The molecule has 1 heterocycles. The molecule has 0 saturated heterocycles. The molecule has 156 valence electrons. The predicted molar refractivity (Wildman–Crippen MR) is 122 cm³/mol. The third kappa shape index (κ3) is 4.51. The van der Waals surface area contributed by atoms with E-state index in [2.05, 4.69) is 5.32 Å². The van der Waals surface area contributed by atoms with Crippen molar-refractivity contribution in [3.63, 3.8) is 0 Å². The number of fused-ring (bicyclic) bond motifs is 1. The Bertz CT molecular complexity index is 1300. The van der Waals surface area contributed by atoms with Crippen LogP contribution in [0.4, 0.5) is 0 Å². The minimum atomic E-state index is -0.170. The van der Waals surface area contributed by atoms with Crippen molar-refractivity contribution in [3.8, 4) is 17.1 Å². The largest absolute Gasteiger partial charge is 0.508 e. The molecule has 0 saturated carbocycles. The van der Waals surface area contributed by atoms with Crippen LogP contribution in [0.2, 0.25) is 0 Å². The van der Waals surface area contributed by atoms with Gasteiger partial charge in [0.05, 0.1) is 5.39 Å². The highest BCUT2D eigenvalue weighted by Crippen LogP contribution is 2.25. The molecule has 0 unspecified atom stereocenters. The molecule has 0 radical (unpaired) electrons. The van der Waals surface area contributed by atoms with E-state index in [1.165, 1.54) is 6.07 Å². The van der Waals surface area contributed by atoms with Gasteiger partial charge in [-0.15, -0.1) is 0 Å². The molecule has 5 nitrogen and oxygen atoms in total. The number of rotatable bonds is 5. The lowest BCUT2D eigenvalue weighted by molar-refractivity contribution is 0.0954. The van der Waals surface area contributed by atoms with Crippen LogP contribution in [0.25, 0.3) is 22.3 Å². The van der Waals surface area contributed by atoms with Gasteiger partial charge < -0.3 is 14.8 Å². The van der Waals surface area contributed by atoms with E-state index in [1.807, 2.05) is 38.1 Å². The number of nitrogens with one attached hydrogen (secondary N) is 1. The first kappa shape index (κ1) is 20.4. The van der Waals surface area contributed by atoms with E-state index in [4.69, 9.17) is 4.42 Å². The fourth-order valence-electron chi connectivity index (χ4n) is 3.62. The van der Waals surface area contributed by atoms with Gasteiger partial charge in [0.2, 0.25) is 0 Å². The van der Waals surface area contributed by atoms with Crippen molar-refractivity contribution in [3.05, 3.63) is 99.2 Å². The summed E-state index contributed by atoms with van der Waals surface area (Å²) in [5.74, 6) is 0.528. The summed E-state index contributed by atoms with van der Waals surface area (Å²) >= 11 is 0. The molecule has 0 spiro atoms. The molecule has 5 heteroatoms. The summed E-state index contributed by atoms with van der Waals surface area (Å²) in [5, 5.41) is 12.8. The number of hydrogen-bond acceptors (Lipinski definition) is 4. The van der Waals surface area contributed by atoms with Gasteiger partial charge in [-0.3, -0.25) is 9.59 Å². The van der Waals surface area contributed by atoms with Gasteiger partial charge in [0, 0.05) is 23.7 Å². The Labute approximate surface area is 180 Å². The lowest BCUT2D eigenvalue weighted by atomic mass is 10.1. The standard InChI is InChI=1S/C26H23NO4/c1-16-13-17(2)25-22(14-16)23(29)15-24(31-25)19-5-7-20(8-6-19)26(30)27-12-11-18-3-9-21(28)10-4-18/h3-10,13-15,28H,11-12H2,1-2H3,(H,27,30). The SMILES string of the molecule is Cc1cc(C)c2oc(-c3ccc(C(=O)NCCc4ccc(O)cc4)cc3)cc(=O)c2c1. The van der Waals surface area contributed by atoms with E-state index >= 15 is 0 Å². The number of benzene rings is 3. The highest BCUT2D eigenvalue weighted by atomic mass is 16.3. The van der Waals surface area contributed by atoms with Crippen LogP contribution >= 0.6 is 0 Å². The number of phenols is 1. The minimum absolute atomic E-state index is 0.0842. The smallest absolute Gasteiger partial charge is 0.251 e. The van der Waals surface area contributed by atoms with E-state index < -0.39 is 0 Å². The summed E-state index contributed by atoms with van der Waals surface area (Å²) in [6, 6.07) is 19.2. The number of amides is 1. The Balaban J connectivity index is 1.48. The number of aryl methyl sites for hydroxylation is 2. The van der Waals surface area contributed by atoms with Crippen molar-refractivity contribution in [2.45, 2.75) is 20.3 Å². The molecule has 0 atom stereocenters. The first-order valence-corrected chi connectivity index (χ1v) is 10.1. The second-order valence-electron chi connectivity index (χ2n) is 7.68. The third-order valence-electron chi connectivity index (χ3n) is 5.23. The molecular weight excluding hydrogens is 390 g/mol. The highest BCUT2D eigenvalue weighted by molar-refractivity contribution is 5.94. The predicted octanol–water partition coefficient (Wildman–Crippen LogP) is 4.75. The van der Waals surface area contributed by atoms with Gasteiger partial charge in [-0.25, -0.2) is 0 Å². The molecule has 0 aliphatic rings. The number of carbonyl (C=O) groups excluding carboxylic acids is 1. The van der Waals surface area contributed by atoms with Gasteiger partial charge >= 0.3 is 0 Å². The van der Waals surface area contributed by atoms with E-state index in [0.29, 0.717) is 35.3 Å². The van der Waals surface area contributed by atoms with Crippen molar-refractivity contribution in [2.75, 3.05) is 6.54 Å². The zero-order chi connectivity index (χ0) is 22.0. The van der Waals surface area contributed by atoms with Crippen LogP contribution in [0, 0.1) is 13.8 Å². The lowest BCUT2D eigenvalue weighted by Gasteiger charge is -2.08.